The summed E-state index contributed by atoms with van der Waals surface area (Å²) >= 11 is 6.93. The number of carbonyl (C=O) groups is 2. The molecular formula is C14H10ClNO3S. The number of imide groups is 1. The Morgan fingerprint density at radius 3 is 2.80 bits per heavy atom. The van der Waals surface area contributed by atoms with E-state index in [9.17, 15) is 9.59 Å². The molecule has 1 atom stereocenters. The van der Waals surface area contributed by atoms with E-state index in [1.807, 2.05) is 30.3 Å². The van der Waals surface area contributed by atoms with E-state index in [4.69, 9.17) is 16.0 Å². The smallest absolute Gasteiger partial charge is 0.286 e. The van der Waals surface area contributed by atoms with Crippen LogP contribution in [0.25, 0.3) is 11.3 Å². The van der Waals surface area contributed by atoms with Gasteiger partial charge in [-0.25, -0.2) is 0 Å². The molecule has 102 valence electrons. The fourth-order valence-electron chi connectivity index (χ4n) is 1.99. The summed E-state index contributed by atoms with van der Waals surface area (Å²) in [6, 6.07) is 11.0. The molecule has 3 rings (SSSR count). The highest BCUT2D eigenvalue weighted by molar-refractivity contribution is 8.15. The molecule has 1 unspecified atom stereocenters. The largest absolute Gasteiger partial charge is 0.461 e. The van der Waals surface area contributed by atoms with Crippen molar-refractivity contribution in [3.63, 3.8) is 0 Å². The van der Waals surface area contributed by atoms with Crippen molar-refractivity contribution in [2.75, 3.05) is 0 Å². The predicted molar refractivity (Wildman–Crippen MR) is 77.8 cm³/mol. The third-order valence-corrected chi connectivity index (χ3v) is 4.14. The molecule has 1 saturated heterocycles. The number of hydrogen-bond donors (Lipinski definition) is 1. The monoisotopic (exact) mass is 307 g/mol. The van der Waals surface area contributed by atoms with Crippen LogP contribution >= 0.6 is 23.4 Å². The number of rotatable bonds is 3. The van der Waals surface area contributed by atoms with Crippen molar-refractivity contribution in [1.29, 1.82) is 0 Å². The zero-order chi connectivity index (χ0) is 14.1. The van der Waals surface area contributed by atoms with Gasteiger partial charge in [-0.2, -0.15) is 0 Å². The summed E-state index contributed by atoms with van der Waals surface area (Å²) in [5.74, 6) is 1.10. The van der Waals surface area contributed by atoms with Gasteiger partial charge in [0.15, 0.2) is 0 Å². The Bertz CT molecular complexity index is 683. The average Bonchev–Trinajstić information content (AvgIpc) is 2.97. The van der Waals surface area contributed by atoms with Crippen molar-refractivity contribution in [2.24, 2.45) is 0 Å². The van der Waals surface area contributed by atoms with Gasteiger partial charge in [-0.3, -0.25) is 14.9 Å². The highest BCUT2D eigenvalue weighted by Gasteiger charge is 2.32. The van der Waals surface area contributed by atoms with E-state index >= 15 is 0 Å². The van der Waals surface area contributed by atoms with E-state index in [2.05, 4.69) is 5.32 Å². The third kappa shape index (κ3) is 2.73. The van der Waals surface area contributed by atoms with Crippen LogP contribution in [0.5, 0.6) is 0 Å². The standard InChI is InChI=1S/C14H10ClNO3S/c15-9-3-1-2-8(6-9)11-5-4-10(19-11)7-12-13(17)16-14(18)20-12/h1-6,12H,7H2,(H,16,17,18). The average molecular weight is 308 g/mol. The number of hydrogen-bond acceptors (Lipinski definition) is 4. The lowest BCUT2D eigenvalue weighted by Crippen LogP contribution is -2.25. The lowest BCUT2D eigenvalue weighted by molar-refractivity contribution is -0.119. The minimum absolute atomic E-state index is 0.263. The highest BCUT2D eigenvalue weighted by atomic mass is 35.5. The van der Waals surface area contributed by atoms with E-state index in [1.165, 1.54) is 0 Å². The Kier molecular flexibility index (Phi) is 3.54. The first-order valence-corrected chi connectivity index (χ1v) is 7.24. The van der Waals surface area contributed by atoms with Crippen LogP contribution in [-0.2, 0) is 11.2 Å². The van der Waals surface area contributed by atoms with Crippen molar-refractivity contribution >= 4 is 34.5 Å². The van der Waals surface area contributed by atoms with Crippen LogP contribution in [0.3, 0.4) is 0 Å². The molecule has 6 heteroatoms. The Hall–Kier alpha value is -1.72. The molecule has 2 aromatic rings. The molecule has 0 spiro atoms. The van der Waals surface area contributed by atoms with E-state index in [1.54, 1.807) is 6.07 Å². The van der Waals surface area contributed by atoms with Gasteiger partial charge >= 0.3 is 0 Å². The molecule has 20 heavy (non-hydrogen) atoms. The van der Waals surface area contributed by atoms with Crippen LogP contribution in [0.1, 0.15) is 5.76 Å². The number of thioether (sulfide) groups is 1. The first-order chi connectivity index (χ1) is 9.61. The van der Waals surface area contributed by atoms with Crippen LogP contribution in [-0.4, -0.2) is 16.4 Å². The quantitative estimate of drug-likeness (QED) is 0.943. The van der Waals surface area contributed by atoms with Crippen LogP contribution in [0.4, 0.5) is 4.79 Å². The van der Waals surface area contributed by atoms with Gasteiger partial charge in [0.2, 0.25) is 5.91 Å². The molecule has 0 radical (unpaired) electrons. The fourth-order valence-corrected chi connectivity index (χ4v) is 3.02. The summed E-state index contributed by atoms with van der Waals surface area (Å²) in [5.41, 5.74) is 0.878. The molecule has 0 saturated carbocycles. The number of amides is 2. The number of carbonyl (C=O) groups excluding carboxylic acids is 2. The molecule has 1 aromatic heterocycles. The first-order valence-electron chi connectivity index (χ1n) is 5.98. The van der Waals surface area contributed by atoms with Gasteiger partial charge in [-0.1, -0.05) is 35.5 Å². The summed E-state index contributed by atoms with van der Waals surface area (Å²) in [7, 11) is 0. The van der Waals surface area contributed by atoms with Gasteiger partial charge in [0, 0.05) is 17.0 Å². The molecule has 1 N–H and O–H groups in total. The summed E-state index contributed by atoms with van der Waals surface area (Å²) in [6.45, 7) is 0. The maximum absolute atomic E-state index is 11.5. The van der Waals surface area contributed by atoms with Gasteiger partial charge < -0.3 is 4.42 Å². The second-order valence-electron chi connectivity index (χ2n) is 4.36. The fraction of sp³-hybridized carbons (Fsp3) is 0.143. The van der Waals surface area contributed by atoms with E-state index < -0.39 is 5.25 Å². The van der Waals surface area contributed by atoms with Gasteiger partial charge in [0.1, 0.15) is 16.8 Å². The second-order valence-corrected chi connectivity index (χ2v) is 5.98. The summed E-state index contributed by atoms with van der Waals surface area (Å²) in [4.78, 5) is 22.6. The minimum Gasteiger partial charge on any atom is -0.461 e. The number of benzene rings is 1. The number of halogens is 1. The van der Waals surface area contributed by atoms with Crippen LogP contribution in [0, 0.1) is 0 Å². The molecular weight excluding hydrogens is 298 g/mol. The van der Waals surface area contributed by atoms with Crippen molar-refractivity contribution < 1.29 is 14.0 Å². The lowest BCUT2D eigenvalue weighted by Gasteiger charge is -2.02. The molecule has 4 nitrogen and oxygen atoms in total. The zero-order valence-electron chi connectivity index (χ0n) is 10.3. The summed E-state index contributed by atoms with van der Waals surface area (Å²) in [5, 5.41) is 2.18. The molecule has 0 aliphatic carbocycles. The molecule has 2 heterocycles. The van der Waals surface area contributed by atoms with E-state index in [-0.39, 0.29) is 11.1 Å². The van der Waals surface area contributed by atoms with E-state index in [0.29, 0.717) is 23.0 Å². The van der Waals surface area contributed by atoms with E-state index in [0.717, 1.165) is 17.3 Å². The van der Waals surface area contributed by atoms with Crippen molar-refractivity contribution in [3.05, 3.63) is 47.2 Å². The third-order valence-electron chi connectivity index (χ3n) is 2.92. The molecule has 1 aliphatic rings. The van der Waals surface area contributed by atoms with Gasteiger partial charge in [-0.15, -0.1) is 0 Å². The van der Waals surface area contributed by atoms with Gasteiger partial charge in [0.05, 0.1) is 0 Å². The molecule has 2 amide bonds. The van der Waals surface area contributed by atoms with Crippen LogP contribution in [0.2, 0.25) is 5.02 Å². The zero-order valence-corrected chi connectivity index (χ0v) is 11.8. The molecule has 1 aliphatic heterocycles. The van der Waals surface area contributed by atoms with Crippen molar-refractivity contribution in [3.8, 4) is 11.3 Å². The number of nitrogens with one attached hydrogen (secondary N) is 1. The number of furan rings is 1. The molecule has 1 fully saturated rings. The van der Waals surface area contributed by atoms with Crippen LogP contribution < -0.4 is 5.32 Å². The maximum Gasteiger partial charge on any atom is 0.286 e. The Morgan fingerprint density at radius 2 is 2.10 bits per heavy atom. The first kappa shape index (κ1) is 13.3. The lowest BCUT2D eigenvalue weighted by atomic mass is 10.2. The minimum atomic E-state index is -0.416. The second kappa shape index (κ2) is 5.34. The molecule has 1 aromatic carbocycles. The van der Waals surface area contributed by atoms with Gasteiger partial charge in [-0.05, 0) is 24.3 Å². The van der Waals surface area contributed by atoms with Crippen molar-refractivity contribution in [2.45, 2.75) is 11.7 Å². The topological polar surface area (TPSA) is 59.3 Å². The SMILES string of the molecule is O=C1NC(=O)C(Cc2ccc(-c3cccc(Cl)c3)o2)S1. The Balaban J connectivity index is 1.77. The van der Waals surface area contributed by atoms with Gasteiger partial charge in [0.25, 0.3) is 5.24 Å². The summed E-state index contributed by atoms with van der Waals surface area (Å²) in [6.07, 6.45) is 0.392. The van der Waals surface area contributed by atoms with Crippen LogP contribution in [0.15, 0.2) is 40.8 Å². The maximum atomic E-state index is 11.5. The molecule has 0 bridgehead atoms. The predicted octanol–water partition coefficient (Wildman–Crippen LogP) is 3.49. The summed E-state index contributed by atoms with van der Waals surface area (Å²) < 4.78 is 5.71. The Labute approximate surface area is 124 Å². The highest BCUT2D eigenvalue weighted by Crippen LogP contribution is 2.28. The normalized spacial score (nSPS) is 18.4. The van der Waals surface area contributed by atoms with Crippen molar-refractivity contribution in [1.82, 2.24) is 5.32 Å². The Morgan fingerprint density at radius 1 is 1.25 bits per heavy atom.